The van der Waals surface area contributed by atoms with Gasteiger partial charge in [0.1, 0.15) is 0 Å². The SMILES string of the molecule is C1=CCc2nc(N3CCCNCC3)oc2C=C1. The van der Waals surface area contributed by atoms with Crippen LogP contribution in [0.2, 0.25) is 0 Å². The van der Waals surface area contributed by atoms with Crippen LogP contribution >= 0.6 is 0 Å². The summed E-state index contributed by atoms with van der Waals surface area (Å²) in [4.78, 5) is 6.83. The molecule has 0 aromatic carbocycles. The van der Waals surface area contributed by atoms with Crippen molar-refractivity contribution in [3.63, 3.8) is 0 Å². The third-order valence-corrected chi connectivity index (χ3v) is 3.13. The molecule has 1 aromatic heterocycles. The van der Waals surface area contributed by atoms with E-state index in [1.165, 1.54) is 0 Å². The van der Waals surface area contributed by atoms with Gasteiger partial charge in [0.2, 0.25) is 0 Å². The van der Waals surface area contributed by atoms with Gasteiger partial charge in [-0.15, -0.1) is 0 Å². The molecule has 90 valence electrons. The van der Waals surface area contributed by atoms with Crippen LogP contribution in [-0.2, 0) is 6.42 Å². The molecule has 4 heteroatoms. The summed E-state index contributed by atoms with van der Waals surface area (Å²) in [5.41, 5.74) is 1.04. The lowest BCUT2D eigenvalue weighted by Gasteiger charge is -2.16. The maximum Gasteiger partial charge on any atom is 0.298 e. The molecule has 3 rings (SSSR count). The van der Waals surface area contributed by atoms with Crippen molar-refractivity contribution in [2.24, 2.45) is 0 Å². The first-order valence-corrected chi connectivity index (χ1v) is 6.22. The van der Waals surface area contributed by atoms with E-state index in [0.717, 1.165) is 56.5 Å². The van der Waals surface area contributed by atoms with Gasteiger partial charge in [-0.3, -0.25) is 0 Å². The van der Waals surface area contributed by atoms with Gasteiger partial charge in [-0.1, -0.05) is 18.2 Å². The van der Waals surface area contributed by atoms with E-state index >= 15 is 0 Å². The van der Waals surface area contributed by atoms with Crippen LogP contribution in [0.3, 0.4) is 0 Å². The zero-order valence-electron chi connectivity index (χ0n) is 9.85. The highest BCUT2D eigenvalue weighted by Crippen LogP contribution is 2.23. The average Bonchev–Trinajstić information content (AvgIpc) is 2.58. The number of hydrogen-bond acceptors (Lipinski definition) is 4. The van der Waals surface area contributed by atoms with Crippen molar-refractivity contribution in [1.29, 1.82) is 0 Å². The Bertz CT molecular complexity index is 440. The van der Waals surface area contributed by atoms with Crippen LogP contribution in [0.1, 0.15) is 17.9 Å². The number of anilines is 1. The molecule has 0 saturated carbocycles. The molecule has 2 aliphatic rings. The zero-order valence-corrected chi connectivity index (χ0v) is 9.85. The van der Waals surface area contributed by atoms with Gasteiger partial charge in [0.25, 0.3) is 6.01 Å². The molecule has 0 radical (unpaired) electrons. The Balaban J connectivity index is 1.84. The molecule has 0 spiro atoms. The number of fused-ring (bicyclic) bond motifs is 1. The van der Waals surface area contributed by atoms with Crippen molar-refractivity contribution in [2.45, 2.75) is 12.8 Å². The van der Waals surface area contributed by atoms with Crippen LogP contribution in [0.15, 0.2) is 22.6 Å². The second-order valence-electron chi connectivity index (χ2n) is 4.39. The Morgan fingerprint density at radius 1 is 1.24 bits per heavy atom. The Hall–Kier alpha value is -1.55. The van der Waals surface area contributed by atoms with E-state index in [4.69, 9.17) is 4.42 Å². The van der Waals surface area contributed by atoms with E-state index in [-0.39, 0.29) is 0 Å². The molecule has 1 saturated heterocycles. The maximum absolute atomic E-state index is 5.84. The van der Waals surface area contributed by atoms with Crippen LogP contribution < -0.4 is 10.2 Å². The Labute approximate surface area is 101 Å². The first-order valence-electron chi connectivity index (χ1n) is 6.22. The summed E-state index contributed by atoms with van der Waals surface area (Å²) in [6, 6.07) is 0.777. The summed E-state index contributed by atoms with van der Waals surface area (Å²) in [5.74, 6) is 0.905. The molecule has 0 atom stereocenters. The standard InChI is InChI=1S/C13H17N3O/c1-2-5-11-12(6-3-1)17-13(15-11)16-9-4-7-14-8-10-16/h1-3,6,14H,4-5,7-10H2. The zero-order chi connectivity index (χ0) is 11.5. The fraction of sp³-hybridized carbons (Fsp3) is 0.462. The van der Waals surface area contributed by atoms with Gasteiger partial charge >= 0.3 is 0 Å². The van der Waals surface area contributed by atoms with E-state index in [0.29, 0.717) is 0 Å². The van der Waals surface area contributed by atoms with Gasteiger partial charge in [-0.25, -0.2) is 0 Å². The summed E-state index contributed by atoms with van der Waals surface area (Å²) >= 11 is 0. The molecule has 1 aliphatic carbocycles. The van der Waals surface area contributed by atoms with Crippen LogP contribution in [0.5, 0.6) is 0 Å². The Kier molecular flexibility index (Phi) is 2.96. The number of hydrogen-bond donors (Lipinski definition) is 1. The predicted octanol–water partition coefficient (Wildman–Crippen LogP) is 1.60. The van der Waals surface area contributed by atoms with Gasteiger partial charge in [0.15, 0.2) is 5.76 Å². The van der Waals surface area contributed by atoms with E-state index < -0.39 is 0 Å². The number of oxazole rings is 1. The molecular weight excluding hydrogens is 214 g/mol. The van der Waals surface area contributed by atoms with Crippen LogP contribution in [0.25, 0.3) is 6.08 Å². The normalized spacial score (nSPS) is 19.9. The van der Waals surface area contributed by atoms with Crippen molar-refractivity contribution in [3.05, 3.63) is 29.7 Å². The Morgan fingerprint density at radius 3 is 3.24 bits per heavy atom. The number of allylic oxidation sites excluding steroid dienone is 3. The number of nitrogens with one attached hydrogen (secondary N) is 1. The lowest BCUT2D eigenvalue weighted by Crippen LogP contribution is -2.28. The van der Waals surface area contributed by atoms with Crippen molar-refractivity contribution in [2.75, 3.05) is 31.1 Å². The highest BCUT2D eigenvalue weighted by atomic mass is 16.4. The summed E-state index contributed by atoms with van der Waals surface area (Å²) in [5, 5.41) is 3.38. The lowest BCUT2D eigenvalue weighted by molar-refractivity contribution is 0.528. The first kappa shape index (κ1) is 10.6. The van der Waals surface area contributed by atoms with Crippen LogP contribution in [0, 0.1) is 0 Å². The molecule has 1 N–H and O–H groups in total. The van der Waals surface area contributed by atoms with E-state index in [1.807, 2.05) is 18.2 Å². The summed E-state index contributed by atoms with van der Waals surface area (Å²) in [7, 11) is 0. The fourth-order valence-corrected chi connectivity index (χ4v) is 2.20. The molecule has 0 bridgehead atoms. The molecule has 4 nitrogen and oxygen atoms in total. The summed E-state index contributed by atoms with van der Waals surface area (Å²) in [6.45, 7) is 4.08. The fourth-order valence-electron chi connectivity index (χ4n) is 2.20. The first-order chi connectivity index (χ1) is 8.43. The maximum atomic E-state index is 5.84. The van der Waals surface area contributed by atoms with Gasteiger partial charge in [-0.05, 0) is 19.0 Å². The second kappa shape index (κ2) is 4.75. The van der Waals surface area contributed by atoms with E-state index in [1.54, 1.807) is 0 Å². The highest BCUT2D eigenvalue weighted by Gasteiger charge is 2.17. The minimum absolute atomic E-state index is 0.777. The molecule has 2 heterocycles. The molecule has 0 amide bonds. The monoisotopic (exact) mass is 231 g/mol. The van der Waals surface area contributed by atoms with E-state index in [9.17, 15) is 0 Å². The highest BCUT2D eigenvalue weighted by molar-refractivity contribution is 5.52. The van der Waals surface area contributed by atoms with Crippen molar-refractivity contribution >= 4 is 12.1 Å². The number of rotatable bonds is 1. The third-order valence-electron chi connectivity index (χ3n) is 3.13. The largest absolute Gasteiger partial charge is 0.424 e. The van der Waals surface area contributed by atoms with E-state index in [2.05, 4.69) is 21.3 Å². The average molecular weight is 231 g/mol. The quantitative estimate of drug-likeness (QED) is 0.797. The van der Waals surface area contributed by atoms with Gasteiger partial charge in [0, 0.05) is 26.1 Å². The topological polar surface area (TPSA) is 41.3 Å². The third kappa shape index (κ3) is 2.26. The number of aromatic nitrogens is 1. The molecule has 17 heavy (non-hydrogen) atoms. The second-order valence-corrected chi connectivity index (χ2v) is 4.39. The summed E-state index contributed by atoms with van der Waals surface area (Å²) < 4.78 is 5.84. The van der Waals surface area contributed by atoms with Crippen molar-refractivity contribution < 1.29 is 4.42 Å². The van der Waals surface area contributed by atoms with Gasteiger partial charge in [-0.2, -0.15) is 4.98 Å². The van der Waals surface area contributed by atoms with Crippen LogP contribution in [0.4, 0.5) is 6.01 Å². The van der Waals surface area contributed by atoms with Crippen LogP contribution in [-0.4, -0.2) is 31.2 Å². The van der Waals surface area contributed by atoms with Crippen molar-refractivity contribution in [1.82, 2.24) is 10.3 Å². The molecular formula is C13H17N3O. The smallest absolute Gasteiger partial charge is 0.298 e. The van der Waals surface area contributed by atoms with Gasteiger partial charge < -0.3 is 14.6 Å². The molecule has 0 unspecified atom stereocenters. The molecule has 1 aliphatic heterocycles. The minimum Gasteiger partial charge on any atom is -0.424 e. The summed E-state index contributed by atoms with van der Waals surface area (Å²) in [6.07, 6.45) is 10.1. The predicted molar refractivity (Wildman–Crippen MR) is 68.1 cm³/mol. The molecule has 1 fully saturated rings. The number of nitrogens with zero attached hydrogens (tertiary/aromatic N) is 2. The van der Waals surface area contributed by atoms with Gasteiger partial charge in [0.05, 0.1) is 5.69 Å². The minimum atomic E-state index is 0.777. The van der Waals surface area contributed by atoms with Crippen molar-refractivity contribution in [3.8, 4) is 0 Å². The lowest BCUT2D eigenvalue weighted by atomic mass is 10.3. The molecule has 1 aromatic rings. The Morgan fingerprint density at radius 2 is 2.24 bits per heavy atom.